The van der Waals surface area contributed by atoms with Crippen molar-refractivity contribution in [2.45, 2.75) is 30.9 Å². The van der Waals surface area contributed by atoms with Crippen molar-refractivity contribution in [2.24, 2.45) is 12.5 Å². The summed E-state index contributed by atoms with van der Waals surface area (Å²) in [7, 11) is 1.65. The van der Waals surface area contributed by atoms with Crippen LogP contribution in [0.2, 0.25) is 0 Å². The Labute approximate surface area is 227 Å². The van der Waals surface area contributed by atoms with Gasteiger partial charge < -0.3 is 18.9 Å². The Morgan fingerprint density at radius 2 is 1.82 bits per heavy atom. The average Bonchev–Trinajstić information content (AvgIpc) is 3.41. The van der Waals surface area contributed by atoms with Crippen LogP contribution < -0.4 is 4.90 Å². The van der Waals surface area contributed by atoms with E-state index in [1.54, 1.807) is 37.4 Å². The summed E-state index contributed by atoms with van der Waals surface area (Å²) in [6.45, 7) is 3.23. The smallest absolute Gasteiger partial charge is 0.380 e. The molecular weight excluding hydrogens is 530 g/mol. The molecule has 5 heterocycles. The molecule has 40 heavy (non-hydrogen) atoms. The SMILES string of the molecule is Cn1cnnc1C(F)C1(c2cccc(N3Cc4c(cc(CN5CC6(COC6)C5)cc4C(F)(F)F)C3=O)c2)COC1. The third kappa shape index (κ3) is 3.87. The molecule has 7 rings (SSSR count). The number of carbonyl (C=O) groups excluding carboxylic acids is 1. The number of aryl methyl sites for hydroxylation is 1. The molecular formula is C28H27F4N5O3. The second kappa shape index (κ2) is 8.82. The number of aromatic nitrogens is 3. The molecule has 1 unspecified atom stereocenters. The van der Waals surface area contributed by atoms with Crippen LogP contribution in [0.4, 0.5) is 23.2 Å². The van der Waals surface area contributed by atoms with Crippen molar-refractivity contribution < 1.29 is 31.8 Å². The largest absolute Gasteiger partial charge is 0.416 e. The molecule has 3 aromatic rings. The maximum Gasteiger partial charge on any atom is 0.416 e. The second-order valence-electron chi connectivity index (χ2n) is 11.6. The minimum absolute atomic E-state index is 0.0386. The lowest BCUT2D eigenvalue weighted by Crippen LogP contribution is -2.65. The Balaban J connectivity index is 1.19. The van der Waals surface area contributed by atoms with Crippen LogP contribution in [0.5, 0.6) is 0 Å². The van der Waals surface area contributed by atoms with E-state index in [1.807, 2.05) is 0 Å². The van der Waals surface area contributed by atoms with Crippen molar-refractivity contribution in [3.63, 3.8) is 0 Å². The van der Waals surface area contributed by atoms with Gasteiger partial charge in [0.25, 0.3) is 5.91 Å². The molecule has 3 saturated heterocycles. The van der Waals surface area contributed by atoms with Crippen LogP contribution in [-0.2, 0) is 41.2 Å². The Hall–Kier alpha value is -3.35. The van der Waals surface area contributed by atoms with Crippen molar-refractivity contribution in [2.75, 3.05) is 44.4 Å². The first-order chi connectivity index (χ1) is 19.1. The summed E-state index contributed by atoms with van der Waals surface area (Å²) in [5.74, 6) is -0.352. The van der Waals surface area contributed by atoms with Crippen LogP contribution >= 0.6 is 0 Å². The van der Waals surface area contributed by atoms with Gasteiger partial charge in [-0.05, 0) is 41.0 Å². The normalized spacial score (nSPS) is 22.0. The molecule has 0 aliphatic carbocycles. The zero-order chi connectivity index (χ0) is 27.9. The highest BCUT2D eigenvalue weighted by atomic mass is 19.4. The topological polar surface area (TPSA) is 72.7 Å². The van der Waals surface area contributed by atoms with Gasteiger partial charge in [0.1, 0.15) is 6.33 Å². The standard InChI is InChI=1S/C28H27F4N5O3/c1-35-16-33-34-24(35)23(29)27(14-40-15-27)18-3-2-4-19(7-18)37-9-21-20(25(37)38)5-17(6-22(21)28(30,31)32)8-36-10-26(11-36)12-39-13-26/h2-7,16,23H,8-15H2,1H3. The van der Waals surface area contributed by atoms with Gasteiger partial charge in [-0.25, -0.2) is 4.39 Å². The van der Waals surface area contributed by atoms with E-state index >= 15 is 4.39 Å². The molecule has 0 radical (unpaired) electrons. The summed E-state index contributed by atoms with van der Waals surface area (Å²) in [5.41, 5.74) is -0.237. The van der Waals surface area contributed by atoms with Crippen molar-refractivity contribution in [3.8, 4) is 0 Å². The van der Waals surface area contributed by atoms with Gasteiger partial charge in [-0.2, -0.15) is 13.2 Å². The summed E-state index contributed by atoms with van der Waals surface area (Å²) >= 11 is 0. The number of hydrogen-bond acceptors (Lipinski definition) is 6. The number of nitrogens with zero attached hydrogens (tertiary/aromatic N) is 5. The predicted octanol–water partition coefficient (Wildman–Crippen LogP) is 3.81. The monoisotopic (exact) mass is 557 g/mol. The van der Waals surface area contributed by atoms with Gasteiger partial charge >= 0.3 is 6.18 Å². The number of alkyl halides is 4. The van der Waals surface area contributed by atoms with E-state index in [0.717, 1.165) is 13.1 Å². The minimum atomic E-state index is -4.61. The Kier molecular flexibility index (Phi) is 5.65. The lowest BCUT2D eigenvalue weighted by Gasteiger charge is -2.55. The molecule has 2 aromatic carbocycles. The van der Waals surface area contributed by atoms with Gasteiger partial charge in [0.2, 0.25) is 0 Å². The van der Waals surface area contributed by atoms with Crippen LogP contribution in [0.25, 0.3) is 0 Å². The van der Waals surface area contributed by atoms with Crippen molar-refractivity contribution >= 4 is 11.6 Å². The molecule has 1 amide bonds. The van der Waals surface area contributed by atoms with Crippen molar-refractivity contribution in [1.29, 1.82) is 0 Å². The lowest BCUT2D eigenvalue weighted by molar-refractivity contribution is -0.191. The molecule has 1 aromatic heterocycles. The van der Waals surface area contributed by atoms with Crippen LogP contribution in [-0.4, -0.2) is 65.1 Å². The average molecular weight is 558 g/mol. The third-order valence-corrected chi connectivity index (χ3v) is 8.66. The molecule has 1 spiro atoms. The Morgan fingerprint density at radius 3 is 2.42 bits per heavy atom. The van der Waals surface area contributed by atoms with Gasteiger partial charge in [-0.3, -0.25) is 9.69 Å². The van der Waals surface area contributed by atoms with Crippen LogP contribution in [0.1, 0.15) is 44.6 Å². The molecule has 4 aliphatic rings. The van der Waals surface area contributed by atoms with Crippen molar-refractivity contribution in [3.05, 3.63) is 76.4 Å². The first kappa shape index (κ1) is 25.6. The highest BCUT2D eigenvalue weighted by Gasteiger charge is 2.51. The number of anilines is 1. The lowest BCUT2D eigenvalue weighted by atomic mass is 9.74. The van der Waals surface area contributed by atoms with Gasteiger partial charge in [0.05, 0.1) is 44.0 Å². The van der Waals surface area contributed by atoms with E-state index in [4.69, 9.17) is 9.47 Å². The molecule has 1 atom stereocenters. The zero-order valence-electron chi connectivity index (χ0n) is 21.7. The zero-order valence-corrected chi connectivity index (χ0v) is 21.7. The number of halogens is 4. The number of benzene rings is 2. The first-order valence-corrected chi connectivity index (χ1v) is 13.1. The number of likely N-dealkylation sites (tertiary alicyclic amines) is 1. The fourth-order valence-electron chi connectivity index (χ4n) is 6.40. The van der Waals surface area contributed by atoms with E-state index in [1.165, 1.54) is 21.9 Å². The summed E-state index contributed by atoms with van der Waals surface area (Å²) in [6.07, 6.45) is -4.72. The van der Waals surface area contributed by atoms with E-state index < -0.39 is 29.2 Å². The fourth-order valence-corrected chi connectivity index (χ4v) is 6.40. The molecule has 8 nitrogen and oxygen atoms in total. The maximum absolute atomic E-state index is 15.8. The van der Waals surface area contributed by atoms with Gasteiger partial charge in [0, 0.05) is 43.3 Å². The van der Waals surface area contributed by atoms with Crippen molar-refractivity contribution in [1.82, 2.24) is 19.7 Å². The predicted molar refractivity (Wildman–Crippen MR) is 134 cm³/mol. The quantitative estimate of drug-likeness (QED) is 0.430. The van der Waals surface area contributed by atoms with E-state index in [9.17, 15) is 18.0 Å². The summed E-state index contributed by atoms with van der Waals surface area (Å²) in [4.78, 5) is 17.0. The molecule has 0 N–H and O–H groups in total. The van der Waals surface area contributed by atoms with E-state index in [2.05, 4.69) is 15.1 Å². The summed E-state index contributed by atoms with van der Waals surface area (Å²) in [6, 6.07) is 9.52. The fraction of sp³-hybridized carbons (Fsp3) is 0.464. The molecule has 12 heteroatoms. The van der Waals surface area contributed by atoms with E-state index in [-0.39, 0.29) is 42.1 Å². The maximum atomic E-state index is 15.8. The third-order valence-electron chi connectivity index (χ3n) is 8.66. The molecule has 3 fully saturated rings. The van der Waals surface area contributed by atoms with Gasteiger partial charge in [0.15, 0.2) is 12.0 Å². The highest BCUT2D eigenvalue weighted by Crippen LogP contribution is 2.47. The molecule has 0 saturated carbocycles. The number of ether oxygens (including phenoxy) is 2. The van der Waals surface area contributed by atoms with Crippen LogP contribution in [0.15, 0.2) is 42.7 Å². The van der Waals surface area contributed by atoms with Crippen LogP contribution in [0, 0.1) is 5.41 Å². The van der Waals surface area contributed by atoms with Gasteiger partial charge in [-0.1, -0.05) is 12.1 Å². The first-order valence-electron chi connectivity index (χ1n) is 13.1. The summed E-state index contributed by atoms with van der Waals surface area (Å²) < 4.78 is 70.6. The number of amides is 1. The molecule has 0 bridgehead atoms. The Bertz CT molecular complexity index is 1490. The summed E-state index contributed by atoms with van der Waals surface area (Å²) in [5, 5.41) is 7.69. The highest BCUT2D eigenvalue weighted by molar-refractivity contribution is 6.10. The molecule has 4 aliphatic heterocycles. The van der Waals surface area contributed by atoms with E-state index in [0.29, 0.717) is 36.6 Å². The Morgan fingerprint density at radius 1 is 1.07 bits per heavy atom. The minimum Gasteiger partial charge on any atom is -0.380 e. The molecule has 210 valence electrons. The second-order valence-corrected chi connectivity index (χ2v) is 11.6. The van der Waals surface area contributed by atoms with Gasteiger partial charge in [-0.15, -0.1) is 10.2 Å². The number of hydrogen-bond donors (Lipinski definition) is 0. The number of carbonyl (C=O) groups is 1. The number of fused-ring (bicyclic) bond motifs is 1. The number of rotatable bonds is 6. The van der Waals surface area contributed by atoms with Crippen LogP contribution in [0.3, 0.4) is 0 Å².